The summed E-state index contributed by atoms with van der Waals surface area (Å²) in [4.78, 5) is 39.4. The number of halogens is 3. The number of hydrogen-bond donors (Lipinski definition) is 2. The molecule has 1 aliphatic heterocycles. The number of ketones is 1. The number of nitrogens with one attached hydrogen (secondary N) is 1. The Bertz CT molecular complexity index is 1480. The number of Topliss-reactive ketones (excluding diaryl/α,β-unsaturated/α-hetero) is 1. The SMILES string of the molecule is Cn1cc(C(=O)Nc2c(CC(=O)C(F)(OC3CCC(C(=O)O)CC3)N3CCCC3)ccc(F)c2F)c2ccccc21. The summed E-state index contributed by atoms with van der Waals surface area (Å²) in [6.45, 7) is 0.546. The number of aryl methyl sites for hydroxylation is 1. The predicted molar refractivity (Wildman–Crippen MR) is 145 cm³/mol. The van der Waals surface area contributed by atoms with Crippen LogP contribution in [0.25, 0.3) is 10.9 Å². The third-order valence-electron chi connectivity index (χ3n) is 8.12. The van der Waals surface area contributed by atoms with E-state index in [2.05, 4.69) is 5.32 Å². The lowest BCUT2D eigenvalue weighted by atomic mass is 9.87. The van der Waals surface area contributed by atoms with Crippen molar-refractivity contribution < 1.29 is 37.4 Å². The maximum atomic E-state index is 16.6. The Morgan fingerprint density at radius 2 is 1.73 bits per heavy atom. The minimum Gasteiger partial charge on any atom is -0.481 e. The molecular formula is C30H32F3N3O5. The second kappa shape index (κ2) is 11.7. The predicted octanol–water partition coefficient (Wildman–Crippen LogP) is 5.20. The van der Waals surface area contributed by atoms with Crippen molar-refractivity contribution in [1.82, 2.24) is 9.47 Å². The van der Waals surface area contributed by atoms with Crippen molar-refractivity contribution in [2.75, 3.05) is 18.4 Å². The molecule has 1 atom stereocenters. The molecule has 2 fully saturated rings. The molecule has 41 heavy (non-hydrogen) atoms. The molecule has 1 aromatic heterocycles. The van der Waals surface area contributed by atoms with Crippen LogP contribution in [-0.2, 0) is 27.8 Å². The Balaban J connectivity index is 1.40. The molecule has 1 unspecified atom stereocenters. The van der Waals surface area contributed by atoms with Crippen LogP contribution in [0.2, 0.25) is 0 Å². The van der Waals surface area contributed by atoms with E-state index in [1.54, 1.807) is 29.9 Å². The van der Waals surface area contributed by atoms with E-state index < -0.39 is 59.4 Å². The van der Waals surface area contributed by atoms with Crippen molar-refractivity contribution in [2.24, 2.45) is 13.0 Å². The Labute approximate surface area is 235 Å². The second-order valence-corrected chi connectivity index (χ2v) is 10.8. The average Bonchev–Trinajstić information content (AvgIpc) is 3.62. The van der Waals surface area contributed by atoms with E-state index >= 15 is 8.78 Å². The van der Waals surface area contributed by atoms with Crippen molar-refractivity contribution in [3.8, 4) is 0 Å². The van der Waals surface area contributed by atoms with E-state index in [9.17, 15) is 23.9 Å². The average molecular weight is 572 g/mol. The molecule has 2 aromatic carbocycles. The number of likely N-dealkylation sites (tertiary alicyclic amines) is 1. The maximum Gasteiger partial charge on any atom is 0.330 e. The van der Waals surface area contributed by atoms with E-state index in [1.165, 1.54) is 4.90 Å². The van der Waals surface area contributed by atoms with Gasteiger partial charge in [-0.25, -0.2) is 13.7 Å². The number of benzene rings is 2. The van der Waals surface area contributed by atoms with Crippen LogP contribution in [0, 0.1) is 17.6 Å². The van der Waals surface area contributed by atoms with Crippen LogP contribution in [-0.4, -0.2) is 57.4 Å². The summed E-state index contributed by atoms with van der Waals surface area (Å²) in [6.07, 6.45) is 2.71. The Hall–Kier alpha value is -3.70. The van der Waals surface area contributed by atoms with Crippen molar-refractivity contribution in [3.63, 3.8) is 0 Å². The number of alkyl halides is 1. The molecule has 2 heterocycles. The van der Waals surface area contributed by atoms with Gasteiger partial charge in [-0.15, -0.1) is 0 Å². The molecule has 1 saturated heterocycles. The molecule has 1 aliphatic carbocycles. The minimum absolute atomic E-state index is 0.0955. The molecule has 8 nitrogen and oxygen atoms in total. The first-order valence-electron chi connectivity index (χ1n) is 13.8. The number of rotatable bonds is 9. The van der Waals surface area contributed by atoms with Crippen molar-refractivity contribution in [3.05, 3.63) is 65.4 Å². The van der Waals surface area contributed by atoms with Crippen molar-refractivity contribution in [2.45, 2.75) is 57.0 Å². The van der Waals surface area contributed by atoms with Crippen LogP contribution in [0.15, 0.2) is 42.6 Å². The van der Waals surface area contributed by atoms with E-state index in [1.807, 2.05) is 12.1 Å². The van der Waals surface area contributed by atoms with Gasteiger partial charge in [-0.05, 0) is 56.2 Å². The number of amides is 1. The summed E-state index contributed by atoms with van der Waals surface area (Å²) >= 11 is 0. The molecule has 0 radical (unpaired) electrons. The third-order valence-corrected chi connectivity index (χ3v) is 8.12. The molecule has 0 spiro atoms. The number of aliphatic carboxylic acids is 1. The summed E-state index contributed by atoms with van der Waals surface area (Å²) in [5, 5.41) is 12.3. The maximum absolute atomic E-state index is 16.6. The number of hydrogen-bond acceptors (Lipinski definition) is 5. The van der Waals surface area contributed by atoms with Gasteiger partial charge in [-0.3, -0.25) is 14.4 Å². The number of carboxylic acid groups (broad SMARTS) is 1. The molecule has 11 heteroatoms. The van der Waals surface area contributed by atoms with E-state index in [0.29, 0.717) is 31.1 Å². The highest BCUT2D eigenvalue weighted by atomic mass is 19.2. The van der Waals surface area contributed by atoms with Crippen LogP contribution in [0.4, 0.5) is 18.9 Å². The van der Waals surface area contributed by atoms with Crippen LogP contribution in [0.3, 0.4) is 0 Å². The fraction of sp³-hybridized carbons (Fsp3) is 0.433. The van der Waals surface area contributed by atoms with Gasteiger partial charge in [0.05, 0.1) is 23.3 Å². The molecule has 0 bridgehead atoms. The Morgan fingerprint density at radius 3 is 2.41 bits per heavy atom. The summed E-state index contributed by atoms with van der Waals surface area (Å²) in [6, 6.07) is 9.08. The highest BCUT2D eigenvalue weighted by molar-refractivity contribution is 6.13. The number of carbonyl (C=O) groups is 3. The van der Waals surface area contributed by atoms with E-state index in [-0.39, 0.29) is 37.1 Å². The van der Waals surface area contributed by atoms with Gasteiger partial charge in [0.2, 0.25) is 5.78 Å². The topological polar surface area (TPSA) is 101 Å². The number of para-hydroxylation sites is 1. The lowest BCUT2D eigenvalue weighted by Crippen LogP contribution is -2.54. The molecule has 1 amide bonds. The lowest BCUT2D eigenvalue weighted by Gasteiger charge is -2.37. The summed E-state index contributed by atoms with van der Waals surface area (Å²) in [5.74, 6) is -8.60. The number of carboxylic acids is 1. The second-order valence-electron chi connectivity index (χ2n) is 10.8. The van der Waals surface area contributed by atoms with Crippen molar-refractivity contribution in [1.29, 1.82) is 0 Å². The molecule has 2 N–H and O–H groups in total. The largest absolute Gasteiger partial charge is 0.481 e. The molecule has 5 rings (SSSR count). The number of fused-ring (bicyclic) bond motifs is 1. The summed E-state index contributed by atoms with van der Waals surface area (Å²) in [7, 11) is 1.75. The van der Waals surface area contributed by atoms with Crippen LogP contribution in [0.5, 0.6) is 0 Å². The highest BCUT2D eigenvalue weighted by Crippen LogP contribution is 2.35. The zero-order chi connectivity index (χ0) is 29.3. The monoisotopic (exact) mass is 571 g/mol. The van der Waals surface area contributed by atoms with Gasteiger partial charge < -0.3 is 19.7 Å². The molecular weight excluding hydrogens is 539 g/mol. The highest BCUT2D eigenvalue weighted by Gasteiger charge is 2.49. The lowest BCUT2D eigenvalue weighted by molar-refractivity contribution is -0.252. The standard InChI is InChI=1S/C30H32F3N3O5/c1-35-17-22(21-6-2-3-7-24(21)35)28(38)34-27-19(10-13-23(31)26(27)32)16-25(37)30(33,36-14-4-5-15-36)41-20-11-8-18(9-12-20)29(39)40/h2-3,6-7,10,13,17-18,20H,4-5,8-9,11-12,14-16H2,1H3,(H,34,38)(H,39,40). The molecule has 2 aliphatic rings. The van der Waals surface area contributed by atoms with Gasteiger partial charge >= 0.3 is 11.9 Å². The van der Waals surface area contributed by atoms with Gasteiger partial charge in [0.1, 0.15) is 0 Å². The first-order valence-corrected chi connectivity index (χ1v) is 13.8. The normalized spacial score (nSPS) is 21.1. The zero-order valence-corrected chi connectivity index (χ0v) is 22.7. The van der Waals surface area contributed by atoms with Crippen LogP contribution >= 0.6 is 0 Å². The van der Waals surface area contributed by atoms with Gasteiger partial charge in [-0.2, -0.15) is 4.39 Å². The first kappa shape index (κ1) is 28.8. The smallest absolute Gasteiger partial charge is 0.330 e. The van der Waals surface area contributed by atoms with Gasteiger partial charge in [0.15, 0.2) is 11.6 Å². The number of ether oxygens (including phenoxy) is 1. The summed E-state index contributed by atoms with van der Waals surface area (Å²) in [5.41, 5.74) is 0.347. The van der Waals surface area contributed by atoms with Gasteiger partial charge in [0.25, 0.3) is 5.91 Å². The number of carbonyl (C=O) groups excluding carboxylic acids is 2. The quantitative estimate of drug-likeness (QED) is 0.343. The van der Waals surface area contributed by atoms with Crippen LogP contribution < -0.4 is 5.32 Å². The van der Waals surface area contributed by atoms with E-state index in [4.69, 9.17) is 4.74 Å². The van der Waals surface area contributed by atoms with Crippen molar-refractivity contribution >= 4 is 34.3 Å². The molecule has 1 saturated carbocycles. The van der Waals surface area contributed by atoms with E-state index in [0.717, 1.165) is 17.6 Å². The van der Waals surface area contributed by atoms with Gasteiger partial charge in [0, 0.05) is 43.7 Å². The Morgan fingerprint density at radius 1 is 1.05 bits per heavy atom. The van der Waals surface area contributed by atoms with Crippen LogP contribution in [0.1, 0.15) is 54.4 Å². The van der Waals surface area contributed by atoms with Gasteiger partial charge in [-0.1, -0.05) is 24.3 Å². The number of anilines is 1. The first-order chi connectivity index (χ1) is 19.6. The number of nitrogens with zero attached hydrogens (tertiary/aromatic N) is 2. The summed E-state index contributed by atoms with van der Waals surface area (Å²) < 4.78 is 53.5. The zero-order valence-electron chi connectivity index (χ0n) is 22.7. The molecule has 218 valence electrons. The number of aromatic nitrogens is 1. The molecule has 3 aromatic rings. The Kier molecular flexibility index (Phi) is 8.19. The third kappa shape index (κ3) is 5.73. The fourth-order valence-electron chi connectivity index (χ4n) is 5.83. The fourth-order valence-corrected chi connectivity index (χ4v) is 5.83. The minimum atomic E-state index is -2.83.